The summed E-state index contributed by atoms with van der Waals surface area (Å²) in [5, 5.41) is 0. The van der Waals surface area contributed by atoms with Crippen LogP contribution >= 0.6 is 12.2 Å². The fourth-order valence-corrected chi connectivity index (χ4v) is 2.38. The van der Waals surface area contributed by atoms with Gasteiger partial charge in [0.1, 0.15) is 4.99 Å². The zero-order valence-electron chi connectivity index (χ0n) is 10.5. The van der Waals surface area contributed by atoms with Crippen LogP contribution in [0.4, 0.5) is 0 Å². The first kappa shape index (κ1) is 13.0. The molecule has 0 bridgehead atoms. The van der Waals surface area contributed by atoms with Gasteiger partial charge in [-0.3, -0.25) is 0 Å². The minimum Gasteiger partial charge on any atom is -0.462 e. The number of esters is 1. The van der Waals surface area contributed by atoms with Gasteiger partial charge in [0.15, 0.2) is 0 Å². The molecule has 0 unspecified atom stereocenters. The van der Waals surface area contributed by atoms with Crippen LogP contribution in [0, 0.1) is 0 Å². The van der Waals surface area contributed by atoms with E-state index in [2.05, 4.69) is 4.90 Å². The number of nitrogens with zero attached hydrogens (tertiary/aromatic N) is 1. The summed E-state index contributed by atoms with van der Waals surface area (Å²) in [6.07, 6.45) is 2.42. The molecule has 3 nitrogen and oxygen atoms in total. The number of carbonyl (C=O) groups excluding carboxylic acids is 1. The molecule has 4 heteroatoms. The number of likely N-dealkylation sites (tertiary alicyclic amines) is 1. The van der Waals surface area contributed by atoms with Gasteiger partial charge in [-0.25, -0.2) is 4.79 Å². The molecule has 0 atom stereocenters. The van der Waals surface area contributed by atoms with E-state index in [1.807, 2.05) is 12.1 Å². The highest BCUT2D eigenvalue weighted by atomic mass is 32.1. The van der Waals surface area contributed by atoms with Gasteiger partial charge in [-0.15, -0.1) is 0 Å². The summed E-state index contributed by atoms with van der Waals surface area (Å²) in [5.74, 6) is -0.281. The van der Waals surface area contributed by atoms with E-state index in [1.54, 1.807) is 19.1 Å². The third-order valence-electron chi connectivity index (χ3n) is 3.04. The Hall–Kier alpha value is -1.42. The summed E-state index contributed by atoms with van der Waals surface area (Å²) in [4.78, 5) is 14.6. The van der Waals surface area contributed by atoms with E-state index >= 15 is 0 Å². The first-order chi connectivity index (χ1) is 8.72. The Labute approximate surface area is 113 Å². The molecule has 96 valence electrons. The minimum atomic E-state index is -0.281. The lowest BCUT2D eigenvalue weighted by Crippen LogP contribution is -2.26. The molecule has 1 fully saturated rings. The molecule has 0 aromatic heterocycles. The Bertz CT molecular complexity index is 436. The van der Waals surface area contributed by atoms with Crippen LogP contribution in [0.1, 0.15) is 35.7 Å². The SMILES string of the molecule is CCOC(=O)c1ccc(C(=S)N2CCCC2)cc1. The number of hydrogen-bond donors (Lipinski definition) is 0. The molecule has 0 aliphatic carbocycles. The van der Waals surface area contributed by atoms with Crippen molar-refractivity contribution in [3.8, 4) is 0 Å². The second-order valence-electron chi connectivity index (χ2n) is 4.30. The fourth-order valence-electron chi connectivity index (χ4n) is 2.07. The Morgan fingerprint density at radius 2 is 1.78 bits per heavy atom. The van der Waals surface area contributed by atoms with Gasteiger partial charge in [0.05, 0.1) is 12.2 Å². The summed E-state index contributed by atoms with van der Waals surface area (Å²) < 4.78 is 4.95. The van der Waals surface area contributed by atoms with Crippen LogP contribution in [0.3, 0.4) is 0 Å². The van der Waals surface area contributed by atoms with Gasteiger partial charge in [0, 0.05) is 18.7 Å². The van der Waals surface area contributed by atoms with Gasteiger partial charge in [0.2, 0.25) is 0 Å². The second-order valence-corrected chi connectivity index (χ2v) is 4.68. The summed E-state index contributed by atoms with van der Waals surface area (Å²) >= 11 is 5.45. The quantitative estimate of drug-likeness (QED) is 0.619. The van der Waals surface area contributed by atoms with Gasteiger partial charge in [-0.05, 0) is 31.9 Å². The lowest BCUT2D eigenvalue weighted by atomic mass is 10.1. The van der Waals surface area contributed by atoms with Crippen molar-refractivity contribution < 1.29 is 9.53 Å². The molecule has 1 saturated heterocycles. The summed E-state index contributed by atoms with van der Waals surface area (Å²) in [6.45, 7) is 4.28. The van der Waals surface area contributed by atoms with Crippen molar-refractivity contribution in [3.05, 3.63) is 35.4 Å². The van der Waals surface area contributed by atoms with Crippen molar-refractivity contribution in [1.82, 2.24) is 4.90 Å². The Morgan fingerprint density at radius 1 is 1.22 bits per heavy atom. The number of ether oxygens (including phenoxy) is 1. The third-order valence-corrected chi connectivity index (χ3v) is 3.53. The number of carbonyl (C=O) groups is 1. The minimum absolute atomic E-state index is 0.281. The molecular weight excluding hydrogens is 246 g/mol. The molecule has 18 heavy (non-hydrogen) atoms. The molecular formula is C14H17NO2S. The average Bonchev–Trinajstić information content (AvgIpc) is 2.92. The second kappa shape index (κ2) is 5.96. The molecule has 1 heterocycles. The molecule has 0 spiro atoms. The van der Waals surface area contributed by atoms with E-state index in [1.165, 1.54) is 12.8 Å². The lowest BCUT2D eigenvalue weighted by molar-refractivity contribution is 0.0526. The van der Waals surface area contributed by atoms with Crippen LogP contribution in [0.25, 0.3) is 0 Å². The summed E-state index contributed by atoms with van der Waals surface area (Å²) in [5.41, 5.74) is 1.57. The Morgan fingerprint density at radius 3 is 2.33 bits per heavy atom. The van der Waals surface area contributed by atoms with Gasteiger partial charge >= 0.3 is 5.97 Å². The maximum Gasteiger partial charge on any atom is 0.338 e. The van der Waals surface area contributed by atoms with Crippen LogP contribution in [0.5, 0.6) is 0 Å². The Kier molecular flexibility index (Phi) is 4.31. The first-order valence-corrected chi connectivity index (χ1v) is 6.69. The van der Waals surface area contributed by atoms with Crippen molar-refractivity contribution in [3.63, 3.8) is 0 Å². The van der Waals surface area contributed by atoms with Crippen molar-refractivity contribution in [2.75, 3.05) is 19.7 Å². The lowest BCUT2D eigenvalue weighted by Gasteiger charge is -2.18. The van der Waals surface area contributed by atoms with Crippen molar-refractivity contribution in [1.29, 1.82) is 0 Å². The molecule has 1 aliphatic heterocycles. The van der Waals surface area contributed by atoms with Crippen LogP contribution in [0.2, 0.25) is 0 Å². The van der Waals surface area contributed by atoms with Crippen LogP contribution in [-0.2, 0) is 4.74 Å². The first-order valence-electron chi connectivity index (χ1n) is 6.29. The third kappa shape index (κ3) is 2.88. The van der Waals surface area contributed by atoms with E-state index in [4.69, 9.17) is 17.0 Å². The number of thiocarbonyl (C=S) groups is 1. The molecule has 1 aromatic carbocycles. The predicted molar refractivity (Wildman–Crippen MR) is 74.9 cm³/mol. The van der Waals surface area contributed by atoms with E-state index in [0.717, 1.165) is 23.6 Å². The highest BCUT2D eigenvalue weighted by Gasteiger charge is 2.16. The molecule has 0 amide bonds. The van der Waals surface area contributed by atoms with E-state index in [9.17, 15) is 4.79 Å². The highest BCUT2D eigenvalue weighted by Crippen LogP contribution is 2.15. The van der Waals surface area contributed by atoms with E-state index in [0.29, 0.717) is 12.2 Å². The molecule has 1 aliphatic rings. The summed E-state index contributed by atoms with van der Waals surface area (Å²) in [7, 11) is 0. The number of hydrogen-bond acceptors (Lipinski definition) is 3. The zero-order chi connectivity index (χ0) is 13.0. The standard InChI is InChI=1S/C14H17NO2S/c1-2-17-14(16)12-7-5-11(6-8-12)13(18)15-9-3-4-10-15/h5-8H,2-4,9-10H2,1H3. The topological polar surface area (TPSA) is 29.5 Å². The van der Waals surface area contributed by atoms with Crippen molar-refractivity contribution in [2.45, 2.75) is 19.8 Å². The maximum absolute atomic E-state index is 11.5. The number of benzene rings is 1. The number of rotatable bonds is 3. The van der Waals surface area contributed by atoms with Crippen LogP contribution in [-0.4, -0.2) is 35.6 Å². The van der Waals surface area contributed by atoms with Crippen molar-refractivity contribution >= 4 is 23.2 Å². The van der Waals surface area contributed by atoms with Gasteiger partial charge in [-0.2, -0.15) is 0 Å². The Balaban J connectivity index is 2.07. The fraction of sp³-hybridized carbons (Fsp3) is 0.429. The van der Waals surface area contributed by atoms with E-state index in [-0.39, 0.29) is 5.97 Å². The maximum atomic E-state index is 11.5. The normalized spacial score (nSPS) is 14.6. The molecule has 0 radical (unpaired) electrons. The zero-order valence-corrected chi connectivity index (χ0v) is 11.3. The molecule has 0 saturated carbocycles. The monoisotopic (exact) mass is 263 g/mol. The highest BCUT2D eigenvalue weighted by molar-refractivity contribution is 7.80. The van der Waals surface area contributed by atoms with Crippen LogP contribution < -0.4 is 0 Å². The van der Waals surface area contributed by atoms with Gasteiger partial charge in [-0.1, -0.05) is 24.4 Å². The summed E-state index contributed by atoms with van der Waals surface area (Å²) in [6, 6.07) is 7.34. The largest absolute Gasteiger partial charge is 0.462 e. The van der Waals surface area contributed by atoms with Crippen LogP contribution in [0.15, 0.2) is 24.3 Å². The van der Waals surface area contributed by atoms with Gasteiger partial charge in [0.25, 0.3) is 0 Å². The van der Waals surface area contributed by atoms with Gasteiger partial charge < -0.3 is 9.64 Å². The van der Waals surface area contributed by atoms with Crippen molar-refractivity contribution in [2.24, 2.45) is 0 Å². The molecule has 2 rings (SSSR count). The molecule has 1 aromatic rings. The van der Waals surface area contributed by atoms with E-state index < -0.39 is 0 Å². The average molecular weight is 263 g/mol. The molecule has 0 N–H and O–H groups in total. The predicted octanol–water partition coefficient (Wildman–Crippen LogP) is 2.63. The smallest absolute Gasteiger partial charge is 0.338 e.